The van der Waals surface area contributed by atoms with Crippen LogP contribution in [-0.4, -0.2) is 12.6 Å². The zero-order valence-corrected chi connectivity index (χ0v) is 11.7. The van der Waals surface area contributed by atoms with Gasteiger partial charge in [-0.15, -0.1) is 0 Å². The fraction of sp³-hybridized carbons (Fsp3) is 0.688. The molecular formula is C16H26O2. The molecule has 1 unspecified atom stereocenters. The minimum atomic E-state index is -0.254. The van der Waals surface area contributed by atoms with Crippen molar-refractivity contribution in [2.24, 2.45) is 11.8 Å². The summed E-state index contributed by atoms with van der Waals surface area (Å²) in [4.78, 5) is 11.1. The summed E-state index contributed by atoms with van der Waals surface area (Å²) in [7, 11) is 0. The van der Waals surface area contributed by atoms with E-state index in [0.29, 0.717) is 12.5 Å². The largest absolute Gasteiger partial charge is 0.463 e. The van der Waals surface area contributed by atoms with Crippen molar-refractivity contribution in [3.05, 3.63) is 24.3 Å². The smallest absolute Gasteiger partial charge is 0.330 e. The van der Waals surface area contributed by atoms with E-state index >= 15 is 0 Å². The molecule has 18 heavy (non-hydrogen) atoms. The van der Waals surface area contributed by atoms with Crippen LogP contribution >= 0.6 is 0 Å². The summed E-state index contributed by atoms with van der Waals surface area (Å²) >= 11 is 0. The van der Waals surface area contributed by atoms with E-state index in [1.165, 1.54) is 44.6 Å². The van der Waals surface area contributed by atoms with Crippen molar-refractivity contribution in [1.29, 1.82) is 0 Å². The van der Waals surface area contributed by atoms with Gasteiger partial charge in [-0.1, -0.05) is 44.4 Å². The number of rotatable bonds is 9. The molecule has 0 saturated heterocycles. The van der Waals surface area contributed by atoms with Crippen LogP contribution in [0.3, 0.4) is 0 Å². The maximum absolute atomic E-state index is 11.1. The molecule has 0 spiro atoms. The zero-order valence-electron chi connectivity index (χ0n) is 11.7. The number of carbonyl (C=O) groups excluding carboxylic acids is 1. The molecule has 2 heteroatoms. The molecule has 1 aliphatic rings. The lowest BCUT2D eigenvalue weighted by Crippen LogP contribution is -1.99. The Kier molecular flexibility index (Phi) is 7.47. The Morgan fingerprint density at radius 3 is 2.67 bits per heavy atom. The van der Waals surface area contributed by atoms with Gasteiger partial charge in [0.15, 0.2) is 0 Å². The van der Waals surface area contributed by atoms with Gasteiger partial charge < -0.3 is 4.74 Å². The van der Waals surface area contributed by atoms with E-state index in [0.717, 1.165) is 5.92 Å². The first kappa shape index (κ1) is 15.0. The van der Waals surface area contributed by atoms with Crippen LogP contribution < -0.4 is 0 Å². The Balaban J connectivity index is 2.29. The maximum atomic E-state index is 11.1. The molecule has 1 saturated carbocycles. The minimum absolute atomic E-state index is 0.254. The van der Waals surface area contributed by atoms with Crippen molar-refractivity contribution >= 4 is 5.97 Å². The van der Waals surface area contributed by atoms with Crippen LogP contribution in [0.1, 0.15) is 52.4 Å². The molecule has 102 valence electrons. The predicted molar refractivity (Wildman–Crippen MR) is 75.3 cm³/mol. The number of carbonyl (C=O) groups is 1. The number of hydrogen-bond acceptors (Lipinski definition) is 2. The lowest BCUT2D eigenvalue weighted by Gasteiger charge is -2.10. The molecule has 0 aromatic rings. The molecule has 0 aliphatic heterocycles. The quantitative estimate of drug-likeness (QED) is 0.264. The van der Waals surface area contributed by atoms with Crippen molar-refractivity contribution in [2.75, 3.05) is 6.61 Å². The number of allylic oxidation sites excluding steroid dienone is 3. The highest BCUT2D eigenvalue weighted by molar-refractivity contribution is 5.82. The topological polar surface area (TPSA) is 26.3 Å². The van der Waals surface area contributed by atoms with Gasteiger partial charge in [0, 0.05) is 6.08 Å². The first-order valence-electron chi connectivity index (χ1n) is 7.29. The molecule has 2 nitrogen and oxygen atoms in total. The standard InChI is InChI=1S/C16H26O2/c1-3-5-6-9-14(15-12-13-15)10-7-8-11-16(17)18-4-2/h7-8,10-11,14-15H,3-6,9,12-13H2,1-2H3. The van der Waals surface area contributed by atoms with Gasteiger partial charge >= 0.3 is 5.97 Å². The van der Waals surface area contributed by atoms with E-state index in [-0.39, 0.29) is 5.97 Å². The second-order valence-corrected chi connectivity index (χ2v) is 4.99. The van der Waals surface area contributed by atoms with Gasteiger partial charge in [0.25, 0.3) is 0 Å². The highest BCUT2D eigenvalue weighted by atomic mass is 16.5. The van der Waals surface area contributed by atoms with Crippen LogP contribution in [0.25, 0.3) is 0 Å². The Bertz CT molecular complexity index is 287. The molecule has 0 heterocycles. The second-order valence-electron chi connectivity index (χ2n) is 4.99. The number of hydrogen-bond donors (Lipinski definition) is 0. The van der Waals surface area contributed by atoms with E-state index in [4.69, 9.17) is 4.74 Å². The molecular weight excluding hydrogens is 224 g/mol. The molecule has 0 bridgehead atoms. The molecule has 1 atom stereocenters. The Morgan fingerprint density at radius 1 is 1.28 bits per heavy atom. The lowest BCUT2D eigenvalue weighted by atomic mass is 9.96. The van der Waals surface area contributed by atoms with Crippen molar-refractivity contribution in [2.45, 2.75) is 52.4 Å². The van der Waals surface area contributed by atoms with E-state index in [1.807, 2.05) is 13.0 Å². The zero-order chi connectivity index (χ0) is 13.2. The van der Waals surface area contributed by atoms with Crippen LogP contribution in [0, 0.1) is 11.8 Å². The molecule has 1 rings (SSSR count). The molecule has 0 aromatic heterocycles. The summed E-state index contributed by atoms with van der Waals surface area (Å²) < 4.78 is 4.83. The van der Waals surface area contributed by atoms with Crippen molar-refractivity contribution in [3.63, 3.8) is 0 Å². The van der Waals surface area contributed by atoms with Gasteiger partial charge in [-0.05, 0) is 38.0 Å². The highest BCUT2D eigenvalue weighted by Crippen LogP contribution is 2.40. The Labute approximate surface area is 111 Å². The van der Waals surface area contributed by atoms with E-state index in [2.05, 4.69) is 13.0 Å². The summed E-state index contributed by atoms with van der Waals surface area (Å²) in [5.41, 5.74) is 0. The van der Waals surface area contributed by atoms with Gasteiger partial charge in [-0.3, -0.25) is 0 Å². The average molecular weight is 250 g/mol. The normalized spacial score (nSPS) is 17.4. The number of esters is 1. The van der Waals surface area contributed by atoms with E-state index in [9.17, 15) is 4.79 Å². The van der Waals surface area contributed by atoms with Crippen LogP contribution in [0.4, 0.5) is 0 Å². The maximum Gasteiger partial charge on any atom is 0.330 e. The number of unbranched alkanes of at least 4 members (excludes halogenated alkanes) is 2. The van der Waals surface area contributed by atoms with Crippen LogP contribution in [0.15, 0.2) is 24.3 Å². The van der Waals surface area contributed by atoms with Gasteiger partial charge in [-0.2, -0.15) is 0 Å². The molecule has 0 radical (unpaired) electrons. The Hall–Kier alpha value is -1.05. The van der Waals surface area contributed by atoms with Crippen molar-refractivity contribution in [3.8, 4) is 0 Å². The van der Waals surface area contributed by atoms with Crippen LogP contribution in [-0.2, 0) is 9.53 Å². The average Bonchev–Trinajstić information content (AvgIpc) is 3.17. The molecule has 0 N–H and O–H groups in total. The SMILES string of the molecule is CCCCCC(C=CC=CC(=O)OCC)C1CC1. The fourth-order valence-electron chi connectivity index (χ4n) is 2.17. The Morgan fingerprint density at radius 2 is 2.06 bits per heavy atom. The molecule has 1 aliphatic carbocycles. The summed E-state index contributed by atoms with van der Waals surface area (Å²) in [6.07, 6.45) is 15.6. The summed E-state index contributed by atoms with van der Waals surface area (Å²) in [5.74, 6) is 1.36. The first-order chi connectivity index (χ1) is 8.77. The van der Waals surface area contributed by atoms with Crippen molar-refractivity contribution < 1.29 is 9.53 Å². The lowest BCUT2D eigenvalue weighted by molar-refractivity contribution is -0.137. The van der Waals surface area contributed by atoms with E-state index in [1.54, 1.807) is 6.08 Å². The summed E-state index contributed by atoms with van der Waals surface area (Å²) in [6, 6.07) is 0. The van der Waals surface area contributed by atoms with Gasteiger partial charge in [0.05, 0.1) is 6.61 Å². The summed E-state index contributed by atoms with van der Waals surface area (Å²) in [6.45, 7) is 4.50. The third-order valence-corrected chi connectivity index (χ3v) is 3.36. The second kappa shape index (κ2) is 8.96. The fourth-order valence-corrected chi connectivity index (χ4v) is 2.17. The third kappa shape index (κ3) is 6.63. The van der Waals surface area contributed by atoms with Crippen molar-refractivity contribution in [1.82, 2.24) is 0 Å². The van der Waals surface area contributed by atoms with Crippen LogP contribution in [0.2, 0.25) is 0 Å². The van der Waals surface area contributed by atoms with Crippen LogP contribution in [0.5, 0.6) is 0 Å². The molecule has 1 fully saturated rings. The van der Waals surface area contributed by atoms with Gasteiger partial charge in [0.1, 0.15) is 0 Å². The van der Waals surface area contributed by atoms with Gasteiger partial charge in [-0.25, -0.2) is 4.79 Å². The molecule has 0 aromatic carbocycles. The van der Waals surface area contributed by atoms with Gasteiger partial charge in [0.2, 0.25) is 0 Å². The van der Waals surface area contributed by atoms with E-state index < -0.39 is 0 Å². The third-order valence-electron chi connectivity index (χ3n) is 3.36. The monoisotopic (exact) mass is 250 g/mol. The predicted octanol–water partition coefficient (Wildman–Crippen LogP) is 4.27. The summed E-state index contributed by atoms with van der Waals surface area (Å²) in [5, 5.41) is 0. The number of ether oxygens (including phenoxy) is 1. The minimum Gasteiger partial charge on any atom is -0.463 e. The molecule has 0 amide bonds. The first-order valence-corrected chi connectivity index (χ1v) is 7.29. The highest BCUT2D eigenvalue weighted by Gasteiger charge is 2.28.